The summed E-state index contributed by atoms with van der Waals surface area (Å²) in [6.07, 6.45) is 2.01. The number of hydrogen-bond donors (Lipinski definition) is 0. The lowest BCUT2D eigenvalue weighted by Gasteiger charge is -2.09. The summed E-state index contributed by atoms with van der Waals surface area (Å²) >= 11 is 3.32. The Morgan fingerprint density at radius 3 is 2.09 bits per heavy atom. The van der Waals surface area contributed by atoms with Gasteiger partial charge in [-0.2, -0.15) is 0 Å². The van der Waals surface area contributed by atoms with Crippen LogP contribution in [-0.4, -0.2) is 12.0 Å². The zero-order valence-electron chi connectivity index (χ0n) is 12.7. The van der Waals surface area contributed by atoms with Gasteiger partial charge in [0.15, 0.2) is 5.78 Å². The van der Waals surface area contributed by atoms with Crippen LogP contribution in [0.15, 0.2) is 93.5 Å². The molecule has 0 radical (unpaired) electrons. The Morgan fingerprint density at radius 1 is 0.783 bits per heavy atom. The molecule has 1 nitrogen and oxygen atoms in total. The Hall–Kier alpha value is -1.97. The van der Waals surface area contributed by atoms with E-state index in [1.54, 1.807) is 23.5 Å². The fourth-order valence-corrected chi connectivity index (χ4v) is 3.87. The molecule has 114 valence electrons. The smallest absolute Gasteiger partial charge is 0.194 e. The zero-order chi connectivity index (χ0) is 16.1. The predicted octanol–water partition coefficient (Wildman–Crippen LogP) is 5.79. The van der Waals surface area contributed by atoms with Crippen molar-refractivity contribution in [2.24, 2.45) is 0 Å². The quantitative estimate of drug-likeness (QED) is 0.433. The highest BCUT2D eigenvalue weighted by molar-refractivity contribution is 7.99. The molecule has 0 spiro atoms. The molecule has 0 aliphatic rings. The Balaban J connectivity index is 1.90. The Kier molecular flexibility index (Phi) is 5.21. The van der Waals surface area contributed by atoms with Gasteiger partial charge in [0.25, 0.3) is 0 Å². The number of carbonyl (C=O) groups excluding carboxylic acids is 1. The molecule has 0 saturated carbocycles. The molecule has 3 heteroatoms. The first-order chi connectivity index (χ1) is 11.3. The highest BCUT2D eigenvalue weighted by Crippen LogP contribution is 2.32. The van der Waals surface area contributed by atoms with E-state index in [0.717, 1.165) is 20.9 Å². The topological polar surface area (TPSA) is 17.1 Å². The van der Waals surface area contributed by atoms with Gasteiger partial charge in [-0.3, -0.25) is 4.79 Å². The van der Waals surface area contributed by atoms with Crippen molar-refractivity contribution in [2.45, 2.75) is 14.7 Å². The van der Waals surface area contributed by atoms with Crippen molar-refractivity contribution in [3.8, 4) is 0 Å². The molecule has 0 atom stereocenters. The van der Waals surface area contributed by atoms with Gasteiger partial charge in [0, 0.05) is 25.8 Å². The fourth-order valence-electron chi connectivity index (χ4n) is 2.29. The SMILES string of the molecule is CSc1cc(Sc2ccccc2)ccc1C(=O)c1ccccc1. The summed E-state index contributed by atoms with van der Waals surface area (Å²) in [6.45, 7) is 0. The first-order valence-corrected chi connectivity index (χ1v) is 9.33. The molecule has 3 rings (SSSR count). The van der Waals surface area contributed by atoms with E-state index in [9.17, 15) is 4.79 Å². The molecule has 0 aliphatic carbocycles. The summed E-state index contributed by atoms with van der Waals surface area (Å²) in [7, 11) is 0. The minimum atomic E-state index is 0.0752. The maximum atomic E-state index is 12.7. The molecule has 0 aliphatic heterocycles. The summed E-state index contributed by atoms with van der Waals surface area (Å²) < 4.78 is 0. The van der Waals surface area contributed by atoms with E-state index in [4.69, 9.17) is 0 Å². The van der Waals surface area contributed by atoms with Gasteiger partial charge in [-0.05, 0) is 36.6 Å². The number of rotatable bonds is 5. The molecule has 23 heavy (non-hydrogen) atoms. The Morgan fingerprint density at radius 2 is 1.43 bits per heavy atom. The molecular formula is C20H16OS2. The number of ketones is 1. The van der Waals surface area contributed by atoms with Crippen LogP contribution in [-0.2, 0) is 0 Å². The van der Waals surface area contributed by atoms with E-state index in [2.05, 4.69) is 18.2 Å². The molecule has 0 fully saturated rings. The summed E-state index contributed by atoms with van der Waals surface area (Å²) in [5.74, 6) is 0.0752. The van der Waals surface area contributed by atoms with Crippen molar-refractivity contribution >= 4 is 29.3 Å². The molecule has 0 N–H and O–H groups in total. The molecule has 0 amide bonds. The van der Waals surface area contributed by atoms with E-state index in [1.165, 1.54) is 4.90 Å². The Bertz CT molecular complexity index is 798. The average Bonchev–Trinajstić information content (AvgIpc) is 2.62. The number of hydrogen-bond acceptors (Lipinski definition) is 3. The third kappa shape index (κ3) is 3.87. The summed E-state index contributed by atoms with van der Waals surface area (Å²) in [5.41, 5.74) is 1.49. The lowest BCUT2D eigenvalue weighted by molar-refractivity contribution is 0.103. The second kappa shape index (κ2) is 7.53. The second-order valence-electron chi connectivity index (χ2n) is 4.97. The van der Waals surface area contributed by atoms with E-state index in [1.807, 2.05) is 66.9 Å². The maximum absolute atomic E-state index is 12.7. The van der Waals surface area contributed by atoms with Crippen molar-refractivity contribution in [3.05, 3.63) is 90.0 Å². The predicted molar refractivity (Wildman–Crippen MR) is 98.7 cm³/mol. The molecule has 0 aromatic heterocycles. The van der Waals surface area contributed by atoms with Gasteiger partial charge >= 0.3 is 0 Å². The molecule has 3 aromatic carbocycles. The van der Waals surface area contributed by atoms with Gasteiger partial charge in [0.2, 0.25) is 0 Å². The van der Waals surface area contributed by atoms with E-state index >= 15 is 0 Å². The Labute approximate surface area is 145 Å². The number of thioether (sulfide) groups is 1. The fraction of sp³-hybridized carbons (Fsp3) is 0.0500. The van der Waals surface area contributed by atoms with Crippen LogP contribution < -0.4 is 0 Å². The van der Waals surface area contributed by atoms with Gasteiger partial charge in [0.05, 0.1) is 0 Å². The zero-order valence-corrected chi connectivity index (χ0v) is 14.4. The van der Waals surface area contributed by atoms with Crippen LogP contribution in [0.3, 0.4) is 0 Å². The van der Waals surface area contributed by atoms with Crippen molar-refractivity contribution in [1.29, 1.82) is 0 Å². The molecular weight excluding hydrogens is 320 g/mol. The second-order valence-corrected chi connectivity index (χ2v) is 6.97. The van der Waals surface area contributed by atoms with Crippen molar-refractivity contribution in [1.82, 2.24) is 0 Å². The number of carbonyl (C=O) groups is 1. The van der Waals surface area contributed by atoms with Crippen LogP contribution in [0.5, 0.6) is 0 Å². The summed E-state index contributed by atoms with van der Waals surface area (Å²) in [6, 6.07) is 25.7. The van der Waals surface area contributed by atoms with Gasteiger partial charge in [0.1, 0.15) is 0 Å². The lowest BCUT2D eigenvalue weighted by Crippen LogP contribution is -2.02. The minimum Gasteiger partial charge on any atom is -0.289 e. The summed E-state index contributed by atoms with van der Waals surface area (Å²) in [5, 5.41) is 0. The van der Waals surface area contributed by atoms with Crippen LogP contribution in [0.4, 0.5) is 0 Å². The van der Waals surface area contributed by atoms with Crippen molar-refractivity contribution in [3.63, 3.8) is 0 Å². The van der Waals surface area contributed by atoms with Crippen LogP contribution in [0.1, 0.15) is 15.9 Å². The van der Waals surface area contributed by atoms with Crippen molar-refractivity contribution in [2.75, 3.05) is 6.26 Å². The van der Waals surface area contributed by atoms with E-state index < -0.39 is 0 Å². The van der Waals surface area contributed by atoms with Crippen LogP contribution >= 0.6 is 23.5 Å². The molecule has 3 aromatic rings. The first-order valence-electron chi connectivity index (χ1n) is 7.28. The molecule has 0 unspecified atom stereocenters. The van der Waals surface area contributed by atoms with Gasteiger partial charge in [-0.1, -0.05) is 60.3 Å². The molecule has 0 saturated heterocycles. The molecule has 0 heterocycles. The summed E-state index contributed by atoms with van der Waals surface area (Å²) in [4.78, 5) is 16.0. The van der Waals surface area contributed by atoms with E-state index in [0.29, 0.717) is 0 Å². The maximum Gasteiger partial charge on any atom is 0.194 e. The normalized spacial score (nSPS) is 10.5. The standard InChI is InChI=1S/C20H16OS2/c1-22-19-14-17(23-16-10-6-3-7-11-16)12-13-18(19)20(21)15-8-4-2-5-9-15/h2-14H,1H3. The van der Waals surface area contributed by atoms with Gasteiger partial charge in [-0.15, -0.1) is 11.8 Å². The largest absolute Gasteiger partial charge is 0.289 e. The van der Waals surface area contributed by atoms with Gasteiger partial charge in [-0.25, -0.2) is 0 Å². The highest BCUT2D eigenvalue weighted by atomic mass is 32.2. The van der Waals surface area contributed by atoms with Crippen molar-refractivity contribution < 1.29 is 4.79 Å². The first kappa shape index (κ1) is 15.9. The third-order valence-corrected chi connectivity index (χ3v) is 5.21. The van der Waals surface area contributed by atoms with Crippen LogP contribution in [0.25, 0.3) is 0 Å². The van der Waals surface area contributed by atoms with Gasteiger partial charge < -0.3 is 0 Å². The monoisotopic (exact) mass is 336 g/mol. The lowest BCUT2D eigenvalue weighted by atomic mass is 10.0. The highest BCUT2D eigenvalue weighted by Gasteiger charge is 2.14. The van der Waals surface area contributed by atoms with Crippen LogP contribution in [0.2, 0.25) is 0 Å². The van der Waals surface area contributed by atoms with Crippen LogP contribution in [0, 0.1) is 0 Å². The number of benzene rings is 3. The molecule has 0 bridgehead atoms. The average molecular weight is 336 g/mol. The minimum absolute atomic E-state index is 0.0752. The van der Waals surface area contributed by atoms with E-state index in [-0.39, 0.29) is 5.78 Å². The third-order valence-electron chi connectivity index (χ3n) is 3.43.